The molecule has 0 fully saturated rings. The molecule has 1 aromatic heterocycles. The molecule has 1 heterocycles. The van der Waals surface area contributed by atoms with Crippen LogP contribution in [-0.4, -0.2) is 15.9 Å². The molecule has 0 radical (unpaired) electrons. The molecule has 0 atom stereocenters. The monoisotopic (exact) mass is 182 g/mol. The molecule has 0 unspecified atom stereocenters. The van der Waals surface area contributed by atoms with E-state index >= 15 is 0 Å². The van der Waals surface area contributed by atoms with Crippen molar-refractivity contribution in [2.45, 2.75) is 46.3 Å². The highest BCUT2D eigenvalue weighted by Crippen LogP contribution is 2.16. The Morgan fingerprint density at radius 3 is 2.38 bits per heavy atom. The molecule has 0 aliphatic carbocycles. The summed E-state index contributed by atoms with van der Waals surface area (Å²) in [5, 5.41) is 4.32. The van der Waals surface area contributed by atoms with Gasteiger partial charge in [-0.15, -0.1) is 5.10 Å². The van der Waals surface area contributed by atoms with Gasteiger partial charge in [-0.3, -0.25) is 4.68 Å². The van der Waals surface area contributed by atoms with Gasteiger partial charge in [-0.1, -0.05) is 0 Å². The van der Waals surface area contributed by atoms with Gasteiger partial charge in [0.2, 0.25) is 5.88 Å². The average Bonchev–Trinajstić information content (AvgIpc) is 2.32. The minimum atomic E-state index is 0.0264. The maximum Gasteiger partial charge on any atom is 0.232 e. The first-order valence-corrected chi connectivity index (χ1v) is 4.62. The van der Waals surface area contributed by atoms with Crippen LogP contribution in [0.1, 0.15) is 34.6 Å². The average molecular weight is 182 g/mol. The molecule has 0 aliphatic heterocycles. The van der Waals surface area contributed by atoms with Crippen molar-refractivity contribution in [1.82, 2.24) is 9.78 Å². The van der Waals surface area contributed by atoms with Crippen LogP contribution in [0.25, 0.3) is 0 Å². The summed E-state index contributed by atoms with van der Waals surface area (Å²) in [7, 11) is 0. The number of aromatic nitrogens is 2. The molecule has 74 valence electrons. The number of rotatable bonds is 2. The molecule has 3 nitrogen and oxygen atoms in total. The zero-order chi connectivity index (χ0) is 10.1. The predicted molar refractivity (Wildman–Crippen MR) is 53.0 cm³/mol. The third-order valence-corrected chi connectivity index (χ3v) is 1.61. The van der Waals surface area contributed by atoms with Crippen molar-refractivity contribution >= 4 is 0 Å². The summed E-state index contributed by atoms with van der Waals surface area (Å²) in [5.41, 5.74) is 0.0264. The van der Waals surface area contributed by atoms with E-state index in [0.717, 1.165) is 0 Å². The molecule has 0 N–H and O–H groups in total. The molecule has 0 saturated heterocycles. The number of ether oxygens (including phenoxy) is 1. The van der Waals surface area contributed by atoms with E-state index in [0.29, 0.717) is 5.88 Å². The van der Waals surface area contributed by atoms with Gasteiger partial charge in [-0.05, 0) is 34.6 Å². The summed E-state index contributed by atoms with van der Waals surface area (Å²) in [4.78, 5) is 0. The fourth-order valence-corrected chi connectivity index (χ4v) is 0.985. The Hall–Kier alpha value is -0.990. The second kappa shape index (κ2) is 3.40. The number of nitrogens with zero attached hydrogens (tertiary/aromatic N) is 2. The van der Waals surface area contributed by atoms with Gasteiger partial charge in [0.05, 0.1) is 11.6 Å². The quantitative estimate of drug-likeness (QED) is 0.702. The normalized spacial score (nSPS) is 12.2. The van der Waals surface area contributed by atoms with Crippen LogP contribution in [0.15, 0.2) is 12.3 Å². The second-order valence-electron chi connectivity index (χ2n) is 4.44. The van der Waals surface area contributed by atoms with Crippen LogP contribution in [0.2, 0.25) is 0 Å². The SMILES string of the molecule is CC(C)Oc1ccn(C(C)(C)C)n1. The standard InChI is InChI=1S/C10H18N2O/c1-8(2)13-9-6-7-12(11-9)10(3,4)5/h6-8H,1-5H3. The van der Waals surface area contributed by atoms with Gasteiger partial charge in [0, 0.05) is 12.3 Å². The van der Waals surface area contributed by atoms with Crippen LogP contribution in [0.4, 0.5) is 0 Å². The van der Waals surface area contributed by atoms with Crippen molar-refractivity contribution in [1.29, 1.82) is 0 Å². The minimum Gasteiger partial charge on any atom is -0.474 e. The van der Waals surface area contributed by atoms with Gasteiger partial charge in [-0.25, -0.2) is 0 Å². The first kappa shape index (κ1) is 10.1. The molecule has 13 heavy (non-hydrogen) atoms. The molecule has 1 rings (SSSR count). The Bertz CT molecular complexity index is 271. The van der Waals surface area contributed by atoms with Crippen LogP contribution in [0, 0.1) is 0 Å². The molecule has 0 amide bonds. The maximum atomic E-state index is 5.46. The smallest absolute Gasteiger partial charge is 0.232 e. The first-order valence-electron chi connectivity index (χ1n) is 4.62. The van der Waals surface area contributed by atoms with Crippen LogP contribution < -0.4 is 4.74 Å². The van der Waals surface area contributed by atoms with Gasteiger partial charge in [0.25, 0.3) is 0 Å². The van der Waals surface area contributed by atoms with E-state index in [1.165, 1.54) is 0 Å². The molecular formula is C10H18N2O. The van der Waals surface area contributed by atoms with Crippen molar-refractivity contribution in [2.75, 3.05) is 0 Å². The summed E-state index contributed by atoms with van der Waals surface area (Å²) in [6.07, 6.45) is 2.13. The van der Waals surface area contributed by atoms with Crippen molar-refractivity contribution in [2.24, 2.45) is 0 Å². The van der Waals surface area contributed by atoms with Crippen molar-refractivity contribution in [3.8, 4) is 5.88 Å². The first-order chi connectivity index (χ1) is 5.89. The van der Waals surface area contributed by atoms with Crippen LogP contribution in [-0.2, 0) is 5.54 Å². The second-order valence-corrected chi connectivity index (χ2v) is 4.44. The van der Waals surface area contributed by atoms with Gasteiger partial charge in [0.15, 0.2) is 0 Å². The molecular weight excluding hydrogens is 164 g/mol. The number of hydrogen-bond acceptors (Lipinski definition) is 2. The Kier molecular flexibility index (Phi) is 2.64. The largest absolute Gasteiger partial charge is 0.474 e. The molecule has 0 saturated carbocycles. The predicted octanol–water partition coefficient (Wildman–Crippen LogP) is 2.43. The van der Waals surface area contributed by atoms with Crippen molar-refractivity contribution in [3.05, 3.63) is 12.3 Å². The summed E-state index contributed by atoms with van der Waals surface area (Å²) in [6.45, 7) is 10.3. The zero-order valence-electron chi connectivity index (χ0n) is 9.03. The summed E-state index contributed by atoms with van der Waals surface area (Å²) in [5.74, 6) is 0.699. The van der Waals surface area contributed by atoms with Gasteiger partial charge in [-0.2, -0.15) is 0 Å². The molecule has 0 aliphatic rings. The fraction of sp³-hybridized carbons (Fsp3) is 0.700. The Labute approximate surface area is 79.7 Å². The van der Waals surface area contributed by atoms with Crippen LogP contribution >= 0.6 is 0 Å². The Morgan fingerprint density at radius 2 is 2.00 bits per heavy atom. The van der Waals surface area contributed by atoms with Crippen molar-refractivity contribution in [3.63, 3.8) is 0 Å². The lowest BCUT2D eigenvalue weighted by atomic mass is 10.1. The number of hydrogen-bond donors (Lipinski definition) is 0. The summed E-state index contributed by atoms with van der Waals surface area (Å²) in [6, 6.07) is 1.89. The lowest BCUT2D eigenvalue weighted by Gasteiger charge is -2.18. The van der Waals surface area contributed by atoms with E-state index in [-0.39, 0.29) is 11.6 Å². The van der Waals surface area contributed by atoms with E-state index in [1.54, 1.807) is 0 Å². The van der Waals surface area contributed by atoms with E-state index in [9.17, 15) is 0 Å². The third-order valence-electron chi connectivity index (χ3n) is 1.61. The van der Waals surface area contributed by atoms with Gasteiger partial charge in [0.1, 0.15) is 0 Å². The van der Waals surface area contributed by atoms with Crippen LogP contribution in [0.5, 0.6) is 5.88 Å². The third kappa shape index (κ3) is 2.76. The Balaban J connectivity index is 2.75. The molecule has 0 bridgehead atoms. The highest BCUT2D eigenvalue weighted by Gasteiger charge is 2.14. The lowest BCUT2D eigenvalue weighted by molar-refractivity contribution is 0.224. The molecule has 0 spiro atoms. The highest BCUT2D eigenvalue weighted by atomic mass is 16.5. The minimum absolute atomic E-state index is 0.0264. The Morgan fingerprint density at radius 1 is 1.38 bits per heavy atom. The highest BCUT2D eigenvalue weighted by molar-refractivity contribution is 5.07. The molecule has 0 aromatic carbocycles. The van der Waals surface area contributed by atoms with E-state index < -0.39 is 0 Å². The van der Waals surface area contributed by atoms with E-state index in [2.05, 4.69) is 25.9 Å². The zero-order valence-corrected chi connectivity index (χ0v) is 9.03. The topological polar surface area (TPSA) is 27.1 Å². The fourth-order valence-electron chi connectivity index (χ4n) is 0.985. The van der Waals surface area contributed by atoms with Crippen LogP contribution in [0.3, 0.4) is 0 Å². The molecule has 1 aromatic rings. The lowest BCUT2D eigenvalue weighted by Crippen LogP contribution is -2.22. The van der Waals surface area contributed by atoms with Gasteiger partial charge < -0.3 is 4.74 Å². The summed E-state index contributed by atoms with van der Waals surface area (Å²) >= 11 is 0. The molecule has 3 heteroatoms. The summed E-state index contributed by atoms with van der Waals surface area (Å²) < 4.78 is 7.37. The maximum absolute atomic E-state index is 5.46. The van der Waals surface area contributed by atoms with E-state index in [1.807, 2.05) is 30.8 Å². The van der Waals surface area contributed by atoms with Gasteiger partial charge >= 0.3 is 0 Å². The van der Waals surface area contributed by atoms with Crippen molar-refractivity contribution < 1.29 is 4.74 Å². The van der Waals surface area contributed by atoms with E-state index in [4.69, 9.17) is 4.74 Å².